The van der Waals surface area contributed by atoms with Gasteiger partial charge >= 0.3 is 0 Å². The van der Waals surface area contributed by atoms with E-state index in [9.17, 15) is 9.90 Å². The average Bonchev–Trinajstić information content (AvgIpc) is 2.74. The Hall–Kier alpha value is -1.36. The van der Waals surface area contributed by atoms with Crippen LogP contribution in [0.3, 0.4) is 0 Å². The first-order valence-corrected chi connectivity index (χ1v) is 8.73. The molecular weight excluding hydrogens is 290 g/mol. The maximum atomic E-state index is 13.0. The van der Waals surface area contributed by atoms with Crippen molar-refractivity contribution in [2.45, 2.75) is 66.5 Å². The van der Waals surface area contributed by atoms with Crippen LogP contribution in [0.4, 0.5) is 0 Å². The molecule has 0 spiro atoms. The third-order valence-electron chi connectivity index (χ3n) is 5.15. The first-order chi connectivity index (χ1) is 10.7. The lowest BCUT2D eigenvalue weighted by Gasteiger charge is -2.43. The molecule has 1 aromatic heterocycles. The number of nitrogens with zero attached hydrogens (tertiary/aromatic N) is 3. The van der Waals surface area contributed by atoms with E-state index in [1.807, 2.05) is 37.3 Å². The monoisotopic (exact) mass is 321 g/mol. The number of hydrogen-bond donors (Lipinski definition) is 1. The number of amides is 1. The van der Waals surface area contributed by atoms with Crippen molar-refractivity contribution in [3.05, 3.63) is 17.0 Å². The van der Waals surface area contributed by atoms with Crippen molar-refractivity contribution in [3.8, 4) is 0 Å². The van der Waals surface area contributed by atoms with Crippen molar-refractivity contribution in [2.24, 2.45) is 11.8 Å². The number of carbonyl (C=O) groups is 1. The Morgan fingerprint density at radius 3 is 2.61 bits per heavy atom. The van der Waals surface area contributed by atoms with Crippen molar-refractivity contribution >= 4 is 5.91 Å². The average molecular weight is 321 g/mol. The number of aromatic nitrogens is 2. The fourth-order valence-electron chi connectivity index (χ4n) is 3.67. The van der Waals surface area contributed by atoms with Crippen LogP contribution < -0.4 is 0 Å². The molecule has 5 heteroatoms. The van der Waals surface area contributed by atoms with Gasteiger partial charge in [-0.3, -0.25) is 9.48 Å². The van der Waals surface area contributed by atoms with Crippen molar-refractivity contribution < 1.29 is 9.90 Å². The molecule has 1 amide bonds. The van der Waals surface area contributed by atoms with Gasteiger partial charge in [0.15, 0.2) is 0 Å². The molecule has 0 aromatic carbocycles. The van der Waals surface area contributed by atoms with Gasteiger partial charge in [-0.2, -0.15) is 5.10 Å². The highest BCUT2D eigenvalue weighted by molar-refractivity contribution is 5.96. The van der Waals surface area contributed by atoms with Gasteiger partial charge < -0.3 is 10.0 Å². The number of carbonyl (C=O) groups excluding carboxylic acids is 1. The van der Waals surface area contributed by atoms with E-state index in [1.54, 1.807) is 0 Å². The highest BCUT2D eigenvalue weighted by Crippen LogP contribution is 2.33. The minimum absolute atomic E-state index is 0.0592. The Bertz CT molecular complexity index is 575. The van der Waals surface area contributed by atoms with Crippen molar-refractivity contribution in [3.63, 3.8) is 0 Å². The summed E-state index contributed by atoms with van der Waals surface area (Å²) in [6.07, 6.45) is 1.57. The molecule has 1 saturated heterocycles. The van der Waals surface area contributed by atoms with E-state index < -0.39 is 5.60 Å². The van der Waals surface area contributed by atoms with Crippen LogP contribution in [0.2, 0.25) is 0 Å². The number of aliphatic hydroxyl groups is 1. The standard InChI is InChI=1S/C18H31N3O2/c1-7-21-14(5)16(13(4)19-21)17(22)20-9-8-18(6,23)15(11-20)10-12(2)3/h12,15,23H,7-11H2,1-6H3/t15-,18+/m0/s1. The van der Waals surface area contributed by atoms with E-state index in [4.69, 9.17) is 0 Å². The van der Waals surface area contributed by atoms with Crippen molar-refractivity contribution in [1.82, 2.24) is 14.7 Å². The Kier molecular flexibility index (Phi) is 5.19. The predicted molar refractivity (Wildman–Crippen MR) is 91.5 cm³/mol. The summed E-state index contributed by atoms with van der Waals surface area (Å²) in [5, 5.41) is 15.1. The zero-order chi connectivity index (χ0) is 17.4. The summed E-state index contributed by atoms with van der Waals surface area (Å²) in [6, 6.07) is 0. The van der Waals surface area contributed by atoms with Gasteiger partial charge in [0.1, 0.15) is 0 Å². The Morgan fingerprint density at radius 1 is 1.43 bits per heavy atom. The highest BCUT2D eigenvalue weighted by Gasteiger charge is 2.40. The Balaban J connectivity index is 2.22. The van der Waals surface area contributed by atoms with E-state index in [-0.39, 0.29) is 11.8 Å². The summed E-state index contributed by atoms with van der Waals surface area (Å²) in [4.78, 5) is 14.9. The largest absolute Gasteiger partial charge is 0.390 e. The van der Waals surface area contributed by atoms with Crippen LogP contribution in [0.25, 0.3) is 0 Å². The second kappa shape index (κ2) is 6.63. The molecule has 130 valence electrons. The smallest absolute Gasteiger partial charge is 0.257 e. The summed E-state index contributed by atoms with van der Waals surface area (Å²) in [6.45, 7) is 14.1. The van der Waals surface area contributed by atoms with Crippen molar-refractivity contribution in [2.75, 3.05) is 13.1 Å². The van der Waals surface area contributed by atoms with Crippen LogP contribution in [-0.4, -0.2) is 44.4 Å². The minimum Gasteiger partial charge on any atom is -0.390 e. The second-order valence-corrected chi connectivity index (χ2v) is 7.55. The number of rotatable bonds is 4. The minimum atomic E-state index is -0.682. The van der Waals surface area contributed by atoms with Crippen LogP contribution >= 0.6 is 0 Å². The molecule has 2 atom stereocenters. The topological polar surface area (TPSA) is 58.4 Å². The molecule has 0 saturated carbocycles. The number of aryl methyl sites for hydroxylation is 2. The molecule has 1 N–H and O–H groups in total. The lowest BCUT2D eigenvalue weighted by atomic mass is 9.78. The van der Waals surface area contributed by atoms with Crippen LogP contribution in [0.15, 0.2) is 0 Å². The van der Waals surface area contributed by atoms with E-state index in [0.29, 0.717) is 25.4 Å². The molecular formula is C18H31N3O2. The molecule has 1 fully saturated rings. The third kappa shape index (κ3) is 3.60. The Morgan fingerprint density at radius 2 is 2.09 bits per heavy atom. The normalized spacial score (nSPS) is 25.2. The van der Waals surface area contributed by atoms with Gasteiger partial charge in [0.25, 0.3) is 5.91 Å². The van der Waals surface area contributed by atoms with Gasteiger partial charge in [0.05, 0.1) is 16.9 Å². The molecule has 0 unspecified atom stereocenters. The zero-order valence-corrected chi connectivity index (χ0v) is 15.4. The van der Waals surface area contributed by atoms with Crippen LogP contribution in [-0.2, 0) is 6.54 Å². The summed E-state index contributed by atoms with van der Waals surface area (Å²) in [5.41, 5.74) is 1.79. The van der Waals surface area contributed by atoms with Gasteiger partial charge in [-0.25, -0.2) is 0 Å². The predicted octanol–water partition coefficient (Wildman–Crippen LogP) is 2.78. The van der Waals surface area contributed by atoms with Gasteiger partial charge in [0.2, 0.25) is 0 Å². The highest BCUT2D eigenvalue weighted by atomic mass is 16.3. The van der Waals surface area contributed by atoms with E-state index in [2.05, 4.69) is 18.9 Å². The summed E-state index contributed by atoms with van der Waals surface area (Å²) in [5.74, 6) is 0.693. The molecule has 1 aliphatic rings. The lowest BCUT2D eigenvalue weighted by molar-refractivity contribution is -0.0577. The quantitative estimate of drug-likeness (QED) is 0.927. The molecule has 1 aliphatic heterocycles. The Labute approximate surface area is 139 Å². The summed E-state index contributed by atoms with van der Waals surface area (Å²) in [7, 11) is 0. The molecule has 2 heterocycles. The molecule has 0 aliphatic carbocycles. The first kappa shape index (κ1) is 18.0. The fourth-order valence-corrected chi connectivity index (χ4v) is 3.67. The summed E-state index contributed by atoms with van der Waals surface area (Å²) < 4.78 is 1.88. The number of likely N-dealkylation sites (tertiary alicyclic amines) is 1. The van der Waals surface area contributed by atoms with Crippen LogP contribution in [0.1, 0.15) is 62.3 Å². The van der Waals surface area contributed by atoms with Crippen LogP contribution in [0.5, 0.6) is 0 Å². The molecule has 5 nitrogen and oxygen atoms in total. The zero-order valence-electron chi connectivity index (χ0n) is 15.4. The van der Waals surface area contributed by atoms with Crippen LogP contribution in [0, 0.1) is 25.7 Å². The van der Waals surface area contributed by atoms with E-state index >= 15 is 0 Å². The van der Waals surface area contributed by atoms with Gasteiger partial charge in [-0.05, 0) is 46.5 Å². The first-order valence-electron chi connectivity index (χ1n) is 8.73. The maximum absolute atomic E-state index is 13.0. The second-order valence-electron chi connectivity index (χ2n) is 7.55. The van der Waals surface area contributed by atoms with Gasteiger partial charge in [0, 0.05) is 31.2 Å². The lowest BCUT2D eigenvalue weighted by Crippen LogP contribution is -2.52. The molecule has 23 heavy (non-hydrogen) atoms. The number of piperidine rings is 1. The maximum Gasteiger partial charge on any atom is 0.257 e. The van der Waals surface area contributed by atoms with Crippen molar-refractivity contribution in [1.29, 1.82) is 0 Å². The molecule has 2 rings (SSSR count). The SMILES string of the molecule is CCn1nc(C)c(C(=O)N2CC[C@@](C)(O)[C@@H](CC(C)C)C2)c1C. The fraction of sp³-hybridized carbons (Fsp3) is 0.778. The third-order valence-corrected chi connectivity index (χ3v) is 5.15. The van der Waals surface area contributed by atoms with Gasteiger partial charge in [-0.1, -0.05) is 13.8 Å². The molecule has 1 aromatic rings. The summed E-state index contributed by atoms with van der Waals surface area (Å²) >= 11 is 0. The molecule has 0 radical (unpaired) electrons. The molecule has 0 bridgehead atoms. The van der Waals surface area contributed by atoms with Gasteiger partial charge in [-0.15, -0.1) is 0 Å². The van der Waals surface area contributed by atoms with E-state index in [0.717, 1.165) is 29.9 Å². The van der Waals surface area contributed by atoms with E-state index in [1.165, 1.54) is 0 Å². The number of hydrogen-bond acceptors (Lipinski definition) is 3.